The number of anilines is 3. The zero-order valence-electron chi connectivity index (χ0n) is 16.3. The van der Waals surface area contributed by atoms with Crippen LogP contribution >= 0.6 is 11.3 Å². The van der Waals surface area contributed by atoms with Crippen LogP contribution < -0.4 is 20.9 Å². The predicted octanol–water partition coefficient (Wildman–Crippen LogP) is 3.67. The number of thiazole rings is 1. The van der Waals surface area contributed by atoms with Crippen LogP contribution in [0.2, 0.25) is 0 Å². The van der Waals surface area contributed by atoms with Crippen molar-refractivity contribution in [3.63, 3.8) is 0 Å². The summed E-state index contributed by atoms with van der Waals surface area (Å²) in [4.78, 5) is 13.1. The van der Waals surface area contributed by atoms with E-state index < -0.39 is 10.0 Å². The highest BCUT2D eigenvalue weighted by atomic mass is 32.2. The number of rotatable bonds is 6. The number of nitrogens with one attached hydrogen (secondary N) is 1. The summed E-state index contributed by atoms with van der Waals surface area (Å²) in [6.45, 7) is 1.89. The number of nitrogens with two attached hydrogens (primary N) is 2. The third-order valence-corrected chi connectivity index (χ3v) is 5.79. The molecule has 5 N–H and O–H groups in total. The first-order chi connectivity index (χ1) is 14.8. The van der Waals surface area contributed by atoms with Crippen LogP contribution in [0.1, 0.15) is 5.69 Å². The minimum absolute atomic E-state index is 0.000311. The maximum absolute atomic E-state index is 11.6. The van der Waals surface area contributed by atoms with Gasteiger partial charge in [0.15, 0.2) is 5.13 Å². The van der Waals surface area contributed by atoms with E-state index in [0.717, 1.165) is 5.69 Å². The number of ether oxygens (including phenoxy) is 1. The fourth-order valence-corrected chi connectivity index (χ4v) is 4.05. The molecule has 0 amide bonds. The van der Waals surface area contributed by atoms with Gasteiger partial charge in [0, 0.05) is 23.6 Å². The lowest BCUT2D eigenvalue weighted by Crippen LogP contribution is -2.12. The van der Waals surface area contributed by atoms with Gasteiger partial charge >= 0.3 is 0 Å². The Hall–Kier alpha value is -3.54. The van der Waals surface area contributed by atoms with E-state index in [1.54, 1.807) is 30.5 Å². The van der Waals surface area contributed by atoms with Gasteiger partial charge in [0.2, 0.25) is 15.1 Å². The topological polar surface area (TPSA) is 146 Å². The van der Waals surface area contributed by atoms with E-state index in [1.165, 1.54) is 23.5 Å². The number of pyridine rings is 2. The monoisotopic (exact) mass is 454 g/mol. The van der Waals surface area contributed by atoms with Gasteiger partial charge in [0.1, 0.15) is 17.3 Å². The normalized spacial score (nSPS) is 11.3. The number of primary sulfonamides is 1. The lowest BCUT2D eigenvalue weighted by Gasteiger charge is -2.09. The van der Waals surface area contributed by atoms with Gasteiger partial charge in [-0.15, -0.1) is 0 Å². The zero-order valence-corrected chi connectivity index (χ0v) is 17.9. The summed E-state index contributed by atoms with van der Waals surface area (Å²) in [6, 6.07) is 15.1. The molecular weight excluding hydrogens is 436 g/mol. The van der Waals surface area contributed by atoms with Gasteiger partial charge in [-0.1, -0.05) is 23.5 Å². The second kappa shape index (κ2) is 8.30. The summed E-state index contributed by atoms with van der Waals surface area (Å²) in [6.07, 6.45) is 1.57. The predicted molar refractivity (Wildman–Crippen MR) is 120 cm³/mol. The number of benzene rings is 1. The van der Waals surface area contributed by atoms with Crippen LogP contribution in [-0.2, 0) is 10.0 Å². The van der Waals surface area contributed by atoms with Gasteiger partial charge in [-0.3, -0.25) is 4.98 Å². The molecule has 0 fully saturated rings. The average molecular weight is 455 g/mol. The van der Waals surface area contributed by atoms with Gasteiger partial charge in [0.25, 0.3) is 0 Å². The van der Waals surface area contributed by atoms with E-state index in [1.807, 2.05) is 25.1 Å². The van der Waals surface area contributed by atoms with Gasteiger partial charge in [-0.05, 0) is 43.3 Å². The number of aryl methyl sites for hydroxylation is 1. The van der Waals surface area contributed by atoms with E-state index in [-0.39, 0.29) is 4.90 Å². The summed E-state index contributed by atoms with van der Waals surface area (Å²) in [5.41, 5.74) is 8.49. The molecule has 4 aromatic rings. The molecule has 158 valence electrons. The van der Waals surface area contributed by atoms with Crippen LogP contribution in [0.3, 0.4) is 0 Å². The number of nitrogen functional groups attached to an aromatic ring is 1. The SMILES string of the molecule is Cc1cccc(-c2nc(N)sc2Oc2ccnc(Nc3cccc(S(N)(=O)=O)c3)c2)n1. The smallest absolute Gasteiger partial charge is 0.238 e. The molecule has 3 aromatic heterocycles. The summed E-state index contributed by atoms with van der Waals surface area (Å²) in [5, 5.41) is 9.10. The van der Waals surface area contributed by atoms with Crippen molar-refractivity contribution in [2.45, 2.75) is 11.8 Å². The molecule has 11 heteroatoms. The van der Waals surface area contributed by atoms with Crippen LogP contribution in [0.25, 0.3) is 11.4 Å². The van der Waals surface area contributed by atoms with Crippen molar-refractivity contribution >= 4 is 38.0 Å². The lowest BCUT2D eigenvalue weighted by molar-refractivity contribution is 0.496. The molecule has 0 radical (unpaired) electrons. The molecule has 0 aliphatic rings. The zero-order chi connectivity index (χ0) is 22.0. The van der Waals surface area contributed by atoms with Crippen LogP contribution in [0.4, 0.5) is 16.6 Å². The molecule has 0 unspecified atom stereocenters. The molecule has 0 saturated heterocycles. The quantitative estimate of drug-likeness (QED) is 0.400. The van der Waals surface area contributed by atoms with Crippen molar-refractivity contribution in [3.05, 3.63) is 66.5 Å². The molecule has 31 heavy (non-hydrogen) atoms. The van der Waals surface area contributed by atoms with Crippen molar-refractivity contribution in [1.82, 2.24) is 15.0 Å². The van der Waals surface area contributed by atoms with Crippen molar-refractivity contribution in [2.75, 3.05) is 11.1 Å². The summed E-state index contributed by atoms with van der Waals surface area (Å²) >= 11 is 1.21. The molecule has 0 saturated carbocycles. The molecule has 0 bridgehead atoms. The Morgan fingerprint density at radius 2 is 1.87 bits per heavy atom. The van der Waals surface area contributed by atoms with Gasteiger partial charge in [0.05, 0.1) is 10.6 Å². The Balaban J connectivity index is 1.59. The molecule has 1 aromatic carbocycles. The molecule has 3 heterocycles. The highest BCUT2D eigenvalue weighted by Gasteiger charge is 2.16. The fourth-order valence-electron chi connectivity index (χ4n) is 2.78. The molecule has 0 spiro atoms. The minimum Gasteiger partial charge on any atom is -0.444 e. The van der Waals surface area contributed by atoms with Crippen LogP contribution in [0, 0.1) is 6.92 Å². The number of hydrogen-bond acceptors (Lipinski definition) is 9. The largest absolute Gasteiger partial charge is 0.444 e. The summed E-state index contributed by atoms with van der Waals surface area (Å²) in [7, 11) is -3.81. The van der Waals surface area contributed by atoms with Crippen LogP contribution in [-0.4, -0.2) is 23.4 Å². The van der Waals surface area contributed by atoms with E-state index in [2.05, 4.69) is 20.3 Å². The van der Waals surface area contributed by atoms with Crippen molar-refractivity contribution in [1.29, 1.82) is 0 Å². The number of nitrogens with zero attached hydrogens (tertiary/aromatic N) is 3. The Labute approximate surface area is 182 Å². The standard InChI is InChI=1S/C20H18N6O3S2/c1-12-4-2-7-16(24-12)18-19(30-20(21)26-18)29-14-8-9-23-17(11-14)25-13-5-3-6-15(10-13)31(22,27)28/h2-11H,1H3,(H2,21,26)(H,23,25)(H2,22,27,28). The summed E-state index contributed by atoms with van der Waals surface area (Å²) < 4.78 is 29.1. The minimum atomic E-state index is -3.81. The van der Waals surface area contributed by atoms with Gasteiger partial charge in [-0.2, -0.15) is 0 Å². The number of sulfonamides is 1. The Morgan fingerprint density at radius 1 is 1.06 bits per heavy atom. The maximum atomic E-state index is 11.6. The van der Waals surface area contributed by atoms with Crippen molar-refractivity contribution in [3.8, 4) is 22.2 Å². The fraction of sp³-hybridized carbons (Fsp3) is 0.0500. The number of aromatic nitrogens is 3. The molecule has 4 rings (SSSR count). The maximum Gasteiger partial charge on any atom is 0.238 e. The third kappa shape index (κ3) is 4.97. The second-order valence-corrected chi connectivity index (χ2v) is 9.08. The third-order valence-electron chi connectivity index (χ3n) is 4.12. The summed E-state index contributed by atoms with van der Waals surface area (Å²) in [5.74, 6) is 0.953. The molecule has 0 aliphatic carbocycles. The first kappa shape index (κ1) is 20.7. The average Bonchev–Trinajstić information content (AvgIpc) is 3.08. The first-order valence-electron chi connectivity index (χ1n) is 9.02. The Morgan fingerprint density at radius 3 is 2.65 bits per heavy atom. The van der Waals surface area contributed by atoms with Crippen molar-refractivity contribution in [2.24, 2.45) is 5.14 Å². The Kier molecular flexibility index (Phi) is 5.55. The molecule has 0 aliphatic heterocycles. The van der Waals surface area contributed by atoms with Gasteiger partial charge in [-0.25, -0.2) is 23.5 Å². The van der Waals surface area contributed by atoms with E-state index in [0.29, 0.717) is 38.8 Å². The van der Waals surface area contributed by atoms with Crippen LogP contribution in [0.5, 0.6) is 10.8 Å². The highest BCUT2D eigenvalue weighted by Crippen LogP contribution is 2.39. The number of hydrogen-bond donors (Lipinski definition) is 3. The van der Waals surface area contributed by atoms with Crippen molar-refractivity contribution < 1.29 is 13.2 Å². The molecular formula is C20H18N6O3S2. The highest BCUT2D eigenvalue weighted by molar-refractivity contribution is 7.89. The van der Waals surface area contributed by atoms with Gasteiger partial charge < -0.3 is 15.8 Å². The van der Waals surface area contributed by atoms with E-state index >= 15 is 0 Å². The van der Waals surface area contributed by atoms with Crippen LogP contribution in [0.15, 0.2) is 65.7 Å². The lowest BCUT2D eigenvalue weighted by atomic mass is 10.2. The molecule has 0 atom stereocenters. The second-order valence-electron chi connectivity index (χ2n) is 6.53. The molecule has 9 nitrogen and oxygen atoms in total. The van der Waals surface area contributed by atoms with E-state index in [4.69, 9.17) is 15.6 Å². The first-order valence-corrected chi connectivity index (χ1v) is 11.4. The Bertz CT molecular complexity index is 1350. The van der Waals surface area contributed by atoms with E-state index in [9.17, 15) is 8.42 Å².